The van der Waals surface area contributed by atoms with Gasteiger partial charge in [0.05, 0.1) is 20.8 Å². The van der Waals surface area contributed by atoms with E-state index in [0.29, 0.717) is 5.75 Å². The third-order valence-corrected chi connectivity index (χ3v) is 3.73. The zero-order valence-electron chi connectivity index (χ0n) is 12.2. The van der Waals surface area contributed by atoms with E-state index in [1.165, 1.54) is 26.4 Å². The van der Waals surface area contributed by atoms with Gasteiger partial charge in [0.2, 0.25) is 0 Å². The molecule has 1 aromatic carbocycles. The zero-order chi connectivity index (χ0) is 16.4. The molecular weight excluding hydrogens is 296 g/mol. The highest BCUT2D eigenvalue weighted by Gasteiger charge is 2.45. The molecule has 1 aliphatic heterocycles. The van der Waals surface area contributed by atoms with E-state index in [9.17, 15) is 25.5 Å². The maximum absolute atomic E-state index is 10.1. The molecule has 1 aromatic rings. The molecule has 124 valence electrons. The molecule has 0 spiro atoms. The second kappa shape index (κ2) is 6.67. The lowest BCUT2D eigenvalue weighted by atomic mass is 9.90. The van der Waals surface area contributed by atoms with Crippen LogP contribution in [-0.4, -0.2) is 70.8 Å². The van der Waals surface area contributed by atoms with Crippen LogP contribution < -0.4 is 9.47 Å². The minimum absolute atomic E-state index is 0.148. The largest absolute Gasteiger partial charge is 0.507 e. The summed E-state index contributed by atoms with van der Waals surface area (Å²) < 4.78 is 15.6. The van der Waals surface area contributed by atoms with Crippen LogP contribution in [0.15, 0.2) is 12.1 Å². The average molecular weight is 316 g/mol. The number of ether oxygens (including phenoxy) is 3. The third-order valence-electron chi connectivity index (χ3n) is 3.73. The van der Waals surface area contributed by atoms with Crippen molar-refractivity contribution in [2.75, 3.05) is 20.8 Å². The van der Waals surface area contributed by atoms with Gasteiger partial charge in [-0.2, -0.15) is 0 Å². The lowest BCUT2D eigenvalue weighted by molar-refractivity contribution is -0.232. The van der Waals surface area contributed by atoms with Crippen molar-refractivity contribution in [3.8, 4) is 17.2 Å². The lowest BCUT2D eigenvalue weighted by Crippen LogP contribution is -2.55. The summed E-state index contributed by atoms with van der Waals surface area (Å²) in [6.07, 6.45) is -6.67. The van der Waals surface area contributed by atoms with Crippen molar-refractivity contribution < 1.29 is 39.7 Å². The summed E-state index contributed by atoms with van der Waals surface area (Å²) in [5, 5.41) is 49.0. The van der Waals surface area contributed by atoms with E-state index < -0.39 is 37.1 Å². The quantitative estimate of drug-likeness (QED) is 0.475. The van der Waals surface area contributed by atoms with E-state index >= 15 is 0 Å². The maximum atomic E-state index is 10.1. The van der Waals surface area contributed by atoms with Crippen molar-refractivity contribution >= 4 is 0 Å². The van der Waals surface area contributed by atoms with Crippen LogP contribution in [0.3, 0.4) is 0 Å². The highest BCUT2D eigenvalue weighted by Crippen LogP contribution is 2.41. The molecule has 2 rings (SSSR count). The van der Waals surface area contributed by atoms with Crippen LogP contribution in [0.5, 0.6) is 17.2 Å². The van der Waals surface area contributed by atoms with Gasteiger partial charge in [0, 0.05) is 11.6 Å². The monoisotopic (exact) mass is 316 g/mol. The molecule has 0 saturated carbocycles. The third kappa shape index (κ3) is 2.83. The van der Waals surface area contributed by atoms with Gasteiger partial charge in [0.15, 0.2) is 11.5 Å². The Morgan fingerprint density at radius 1 is 1.00 bits per heavy atom. The summed E-state index contributed by atoms with van der Waals surface area (Å²) in [6, 6.07) is 2.69. The van der Waals surface area contributed by atoms with Gasteiger partial charge in [0.25, 0.3) is 0 Å². The molecule has 5 atom stereocenters. The second-order valence-corrected chi connectivity index (χ2v) is 5.02. The van der Waals surface area contributed by atoms with Crippen LogP contribution in [0.1, 0.15) is 11.7 Å². The van der Waals surface area contributed by atoms with E-state index in [1.807, 2.05) is 0 Å². The molecule has 8 heteroatoms. The Balaban J connectivity index is 2.41. The molecule has 0 unspecified atom stereocenters. The van der Waals surface area contributed by atoms with Crippen molar-refractivity contribution in [2.24, 2.45) is 0 Å². The summed E-state index contributed by atoms with van der Waals surface area (Å²) in [7, 11) is 2.82. The van der Waals surface area contributed by atoms with Crippen molar-refractivity contribution in [1.29, 1.82) is 0 Å². The van der Waals surface area contributed by atoms with Crippen molar-refractivity contribution in [3.63, 3.8) is 0 Å². The van der Waals surface area contributed by atoms with Crippen LogP contribution in [0.25, 0.3) is 0 Å². The number of aromatic hydroxyl groups is 1. The van der Waals surface area contributed by atoms with E-state index in [1.54, 1.807) is 0 Å². The summed E-state index contributed by atoms with van der Waals surface area (Å²) in [6.45, 7) is -0.546. The standard InChI is InChI=1S/C14H20O8/c1-20-8-3-6(7(16)4-9(8)21-2)14-13(19)12(18)11(17)10(5-15)22-14/h3-4,10-19H,5H2,1-2H3/t10-,11-,12+,13-,14+/m1/s1. The van der Waals surface area contributed by atoms with Crippen LogP contribution in [0, 0.1) is 0 Å². The van der Waals surface area contributed by atoms with Crippen LogP contribution in [0.4, 0.5) is 0 Å². The van der Waals surface area contributed by atoms with Gasteiger partial charge in [-0.15, -0.1) is 0 Å². The highest BCUT2D eigenvalue weighted by atomic mass is 16.5. The fourth-order valence-electron chi connectivity index (χ4n) is 2.47. The van der Waals surface area contributed by atoms with Gasteiger partial charge in [0.1, 0.15) is 36.3 Å². The molecule has 1 fully saturated rings. The highest BCUT2D eigenvalue weighted by molar-refractivity contribution is 5.51. The normalized spacial score (nSPS) is 31.8. The van der Waals surface area contributed by atoms with Crippen LogP contribution >= 0.6 is 0 Å². The topological polar surface area (TPSA) is 129 Å². The van der Waals surface area contributed by atoms with Crippen molar-refractivity contribution in [3.05, 3.63) is 17.7 Å². The van der Waals surface area contributed by atoms with Gasteiger partial charge >= 0.3 is 0 Å². The van der Waals surface area contributed by atoms with Crippen molar-refractivity contribution in [2.45, 2.75) is 30.5 Å². The van der Waals surface area contributed by atoms with E-state index in [0.717, 1.165) is 0 Å². The predicted octanol–water partition coefficient (Wildman–Crippen LogP) is -1.08. The molecule has 22 heavy (non-hydrogen) atoms. The Hall–Kier alpha value is -1.58. The van der Waals surface area contributed by atoms with E-state index in [-0.39, 0.29) is 17.1 Å². The summed E-state index contributed by atoms with van der Waals surface area (Å²) in [4.78, 5) is 0. The molecule has 0 amide bonds. The molecule has 1 aliphatic rings. The molecule has 0 radical (unpaired) electrons. The summed E-state index contributed by atoms with van der Waals surface area (Å²) >= 11 is 0. The Morgan fingerprint density at radius 2 is 1.59 bits per heavy atom. The molecule has 0 bridgehead atoms. The fourth-order valence-corrected chi connectivity index (χ4v) is 2.47. The fraction of sp³-hybridized carbons (Fsp3) is 0.571. The first kappa shape index (κ1) is 16.8. The van der Waals surface area contributed by atoms with Gasteiger partial charge in [-0.1, -0.05) is 0 Å². The average Bonchev–Trinajstić information content (AvgIpc) is 2.53. The molecular formula is C14H20O8. The minimum Gasteiger partial charge on any atom is -0.507 e. The van der Waals surface area contributed by atoms with Crippen molar-refractivity contribution in [1.82, 2.24) is 0 Å². The minimum atomic E-state index is -1.52. The molecule has 5 N–H and O–H groups in total. The molecule has 1 heterocycles. The first-order chi connectivity index (χ1) is 10.4. The molecule has 0 aromatic heterocycles. The second-order valence-electron chi connectivity index (χ2n) is 5.02. The smallest absolute Gasteiger partial charge is 0.164 e. The number of phenols is 1. The van der Waals surface area contributed by atoms with Gasteiger partial charge in [-0.05, 0) is 6.07 Å². The van der Waals surface area contributed by atoms with Gasteiger partial charge < -0.3 is 39.7 Å². The maximum Gasteiger partial charge on any atom is 0.164 e. The molecule has 0 aliphatic carbocycles. The molecule has 8 nitrogen and oxygen atoms in total. The first-order valence-electron chi connectivity index (χ1n) is 6.70. The number of methoxy groups -OCH3 is 2. The number of aliphatic hydroxyl groups is 4. The Bertz CT molecular complexity index is 518. The number of benzene rings is 1. The summed E-state index contributed by atoms with van der Waals surface area (Å²) in [5.41, 5.74) is 0.148. The lowest BCUT2D eigenvalue weighted by Gasteiger charge is -2.40. The van der Waals surface area contributed by atoms with Crippen LogP contribution in [-0.2, 0) is 4.74 Å². The first-order valence-corrected chi connectivity index (χ1v) is 6.70. The van der Waals surface area contributed by atoms with E-state index in [4.69, 9.17) is 14.2 Å². The predicted molar refractivity (Wildman–Crippen MR) is 73.9 cm³/mol. The number of phenolic OH excluding ortho intramolecular Hbond substituents is 1. The SMILES string of the molecule is COc1cc(O)c([C@@H]2O[C@H](CO)[C@@H](O)[C@H](O)[C@H]2O)cc1OC. The summed E-state index contributed by atoms with van der Waals surface area (Å²) in [5.74, 6) is 0.350. The van der Waals surface area contributed by atoms with Crippen LogP contribution in [0.2, 0.25) is 0 Å². The van der Waals surface area contributed by atoms with Gasteiger partial charge in [-0.25, -0.2) is 0 Å². The number of hydrogen-bond acceptors (Lipinski definition) is 8. The van der Waals surface area contributed by atoms with E-state index in [2.05, 4.69) is 0 Å². The van der Waals surface area contributed by atoms with Gasteiger partial charge in [-0.3, -0.25) is 0 Å². The Morgan fingerprint density at radius 3 is 2.14 bits per heavy atom. The number of aliphatic hydroxyl groups excluding tert-OH is 4. The Kier molecular flexibility index (Phi) is 5.09. The molecule has 1 saturated heterocycles. The zero-order valence-corrected chi connectivity index (χ0v) is 12.2. The Labute approximate surface area is 127 Å². The number of hydrogen-bond donors (Lipinski definition) is 5. The number of rotatable bonds is 4.